The lowest BCUT2D eigenvalue weighted by atomic mass is 9.89. The molecule has 0 spiro atoms. The van der Waals surface area contributed by atoms with Crippen molar-refractivity contribution < 1.29 is 53.1 Å². The maximum Gasteiger partial charge on any atom is 0.417 e. The van der Waals surface area contributed by atoms with E-state index in [1.165, 1.54) is 6.26 Å². The van der Waals surface area contributed by atoms with Crippen LogP contribution >= 0.6 is 11.6 Å². The monoisotopic (exact) mass is 655 g/mol. The van der Waals surface area contributed by atoms with Crippen LogP contribution in [0.25, 0.3) is 11.3 Å². The number of carbonyl (C=O) groups is 1. The summed E-state index contributed by atoms with van der Waals surface area (Å²) in [5, 5.41) is 7.05. The SMILES string of the molecule is CCn1nc(C(=O)NC[C@H]2CC[C@H](S(C)(=O)=O)CC2)c(Cl)c1-c1cnc(NC(C(F)(F)F)C(F)(F)F)cc1OC(F)F. The maximum absolute atomic E-state index is 13.2. The predicted octanol–water partition coefficient (Wildman–Crippen LogP) is 5.46. The Morgan fingerprint density at radius 1 is 1.14 bits per heavy atom. The van der Waals surface area contributed by atoms with Crippen LogP contribution in [0.3, 0.4) is 0 Å². The second kappa shape index (κ2) is 12.8. The summed E-state index contributed by atoms with van der Waals surface area (Å²) in [5.74, 6) is -2.72. The number of nitrogens with zero attached hydrogens (tertiary/aromatic N) is 3. The van der Waals surface area contributed by atoms with Gasteiger partial charge in [-0.1, -0.05) is 11.6 Å². The molecule has 9 nitrogen and oxygen atoms in total. The van der Waals surface area contributed by atoms with Gasteiger partial charge < -0.3 is 15.4 Å². The van der Waals surface area contributed by atoms with E-state index in [1.54, 1.807) is 6.92 Å². The molecule has 2 N–H and O–H groups in total. The molecule has 19 heteroatoms. The molecule has 2 aromatic heterocycles. The number of amides is 1. The van der Waals surface area contributed by atoms with Gasteiger partial charge in [0, 0.05) is 31.6 Å². The van der Waals surface area contributed by atoms with Crippen molar-refractivity contribution >= 4 is 33.2 Å². The number of pyridine rings is 1. The average molecular weight is 656 g/mol. The number of rotatable bonds is 10. The van der Waals surface area contributed by atoms with Gasteiger partial charge in [-0.3, -0.25) is 9.48 Å². The van der Waals surface area contributed by atoms with Gasteiger partial charge in [0.2, 0.25) is 6.04 Å². The van der Waals surface area contributed by atoms with Crippen LogP contribution in [0.1, 0.15) is 43.1 Å². The number of anilines is 1. The average Bonchev–Trinajstić information content (AvgIpc) is 3.20. The molecule has 0 radical (unpaired) electrons. The number of ether oxygens (including phenoxy) is 1. The molecule has 1 saturated carbocycles. The van der Waals surface area contributed by atoms with Crippen molar-refractivity contribution in [1.82, 2.24) is 20.1 Å². The van der Waals surface area contributed by atoms with E-state index in [9.17, 15) is 48.3 Å². The zero-order chi connectivity index (χ0) is 31.6. The second-order valence-electron chi connectivity index (χ2n) is 9.61. The van der Waals surface area contributed by atoms with Crippen molar-refractivity contribution in [3.05, 3.63) is 23.0 Å². The second-order valence-corrected chi connectivity index (χ2v) is 12.3. The smallest absolute Gasteiger partial charge is 0.417 e. The number of nitrogens with one attached hydrogen (secondary N) is 2. The first-order valence-corrected chi connectivity index (χ1v) is 14.7. The molecule has 0 unspecified atom stereocenters. The van der Waals surface area contributed by atoms with Crippen molar-refractivity contribution in [2.45, 2.75) is 69.4 Å². The highest BCUT2D eigenvalue weighted by Gasteiger charge is 2.57. The Labute approximate surface area is 239 Å². The van der Waals surface area contributed by atoms with Gasteiger partial charge in [0.25, 0.3) is 5.91 Å². The van der Waals surface area contributed by atoms with Crippen molar-refractivity contribution in [2.75, 3.05) is 18.1 Å². The molecule has 3 rings (SSSR count). The number of hydrogen-bond donors (Lipinski definition) is 2. The fourth-order valence-corrected chi connectivity index (χ4v) is 5.99. The number of hydrogen-bond acceptors (Lipinski definition) is 7. The molecular weight excluding hydrogens is 630 g/mol. The molecule has 1 aliphatic carbocycles. The summed E-state index contributed by atoms with van der Waals surface area (Å²) in [6.07, 6.45) is -7.78. The summed E-state index contributed by atoms with van der Waals surface area (Å²) in [4.78, 5) is 16.4. The van der Waals surface area contributed by atoms with Crippen molar-refractivity contribution in [3.8, 4) is 17.0 Å². The van der Waals surface area contributed by atoms with E-state index in [0.29, 0.717) is 37.9 Å². The van der Waals surface area contributed by atoms with Crippen molar-refractivity contribution in [2.24, 2.45) is 5.92 Å². The van der Waals surface area contributed by atoms with Gasteiger partial charge in [0.15, 0.2) is 5.69 Å². The summed E-state index contributed by atoms with van der Waals surface area (Å²) < 4.78 is 133. The summed E-state index contributed by atoms with van der Waals surface area (Å²) in [5.41, 5.74) is -0.914. The summed E-state index contributed by atoms with van der Waals surface area (Å²) in [7, 11) is -3.18. The third-order valence-electron chi connectivity index (χ3n) is 6.64. The van der Waals surface area contributed by atoms with Gasteiger partial charge in [-0.2, -0.15) is 40.2 Å². The molecule has 1 aliphatic rings. The van der Waals surface area contributed by atoms with Crippen molar-refractivity contribution in [1.29, 1.82) is 0 Å². The van der Waals surface area contributed by atoms with Gasteiger partial charge in [-0.05, 0) is 38.5 Å². The lowest BCUT2D eigenvalue weighted by Gasteiger charge is -2.27. The zero-order valence-corrected chi connectivity index (χ0v) is 23.6. The molecule has 0 aliphatic heterocycles. The molecule has 1 fully saturated rings. The van der Waals surface area contributed by atoms with Gasteiger partial charge in [0.1, 0.15) is 21.4 Å². The largest absolute Gasteiger partial charge is 0.434 e. The van der Waals surface area contributed by atoms with Crippen LogP contribution in [0, 0.1) is 5.92 Å². The number of sulfone groups is 1. The number of halogens is 9. The highest BCUT2D eigenvalue weighted by molar-refractivity contribution is 7.91. The van der Waals surface area contributed by atoms with Gasteiger partial charge in [0.05, 0.1) is 21.5 Å². The number of aromatic nitrogens is 3. The van der Waals surface area contributed by atoms with Crippen LogP contribution in [0.2, 0.25) is 5.02 Å². The van der Waals surface area contributed by atoms with E-state index in [-0.39, 0.29) is 41.0 Å². The minimum atomic E-state index is -5.79. The van der Waals surface area contributed by atoms with Crippen molar-refractivity contribution in [3.63, 3.8) is 0 Å². The van der Waals surface area contributed by atoms with Crippen LogP contribution in [0.5, 0.6) is 5.75 Å². The Hall–Kier alpha value is -2.89. The number of aryl methyl sites for hydroxylation is 1. The molecule has 2 aromatic rings. The Morgan fingerprint density at radius 3 is 2.24 bits per heavy atom. The summed E-state index contributed by atoms with van der Waals surface area (Å²) >= 11 is 6.39. The Bertz CT molecular complexity index is 1360. The fourth-order valence-electron chi connectivity index (χ4n) is 4.54. The Morgan fingerprint density at radius 2 is 1.74 bits per heavy atom. The van der Waals surface area contributed by atoms with Crippen LogP contribution < -0.4 is 15.4 Å². The zero-order valence-electron chi connectivity index (χ0n) is 22.0. The molecule has 0 atom stereocenters. The third-order valence-corrected chi connectivity index (χ3v) is 8.68. The first-order valence-electron chi connectivity index (χ1n) is 12.4. The Balaban J connectivity index is 1.88. The molecule has 1 amide bonds. The first-order chi connectivity index (χ1) is 19.3. The fraction of sp³-hybridized carbons (Fsp3) is 0.609. The number of alkyl halides is 8. The van der Waals surface area contributed by atoms with E-state index in [2.05, 4.69) is 20.1 Å². The quantitative estimate of drug-likeness (QED) is 0.327. The van der Waals surface area contributed by atoms with E-state index in [4.69, 9.17) is 11.6 Å². The maximum atomic E-state index is 13.2. The van der Waals surface area contributed by atoms with Gasteiger partial charge in [-0.25, -0.2) is 13.4 Å². The van der Waals surface area contributed by atoms with E-state index in [0.717, 1.165) is 10.00 Å². The summed E-state index contributed by atoms with van der Waals surface area (Å²) in [6, 6.07) is -3.63. The minimum Gasteiger partial charge on any atom is -0.434 e. The lowest BCUT2D eigenvalue weighted by Crippen LogP contribution is -2.48. The van der Waals surface area contributed by atoms with Gasteiger partial charge >= 0.3 is 19.0 Å². The molecule has 236 valence electrons. The Kier molecular flexibility index (Phi) is 10.2. The lowest BCUT2D eigenvalue weighted by molar-refractivity contribution is -0.242. The molecule has 0 aromatic carbocycles. The van der Waals surface area contributed by atoms with E-state index >= 15 is 0 Å². The first kappa shape index (κ1) is 33.6. The topological polar surface area (TPSA) is 115 Å². The third kappa shape index (κ3) is 8.14. The van der Waals surface area contributed by atoms with Crippen LogP contribution in [0.15, 0.2) is 12.3 Å². The van der Waals surface area contributed by atoms with E-state index < -0.39 is 57.6 Å². The minimum absolute atomic E-state index is 0.0101. The normalized spacial score (nSPS) is 18.4. The highest BCUT2D eigenvalue weighted by atomic mass is 35.5. The molecule has 42 heavy (non-hydrogen) atoms. The van der Waals surface area contributed by atoms with Crippen LogP contribution in [0.4, 0.5) is 40.9 Å². The summed E-state index contributed by atoms with van der Waals surface area (Å²) in [6.45, 7) is -1.82. The predicted molar refractivity (Wildman–Crippen MR) is 135 cm³/mol. The van der Waals surface area contributed by atoms with Crippen LogP contribution in [-0.4, -0.2) is 72.1 Å². The standard InChI is InChI=1S/C23H26ClF8N5O4S/c1-3-37-18(16(24)17(36-37)19(38)34-9-11-4-6-12(7-5-11)42(2,39)40)13-10-33-15(8-14(13)41-21(25)26)35-20(22(27,28)29)23(30,31)32/h8,10-12,20-21H,3-7,9H2,1-2H3,(H,33,35)(H,34,38)/t11-,12-. The molecule has 0 saturated heterocycles. The van der Waals surface area contributed by atoms with Crippen LogP contribution in [-0.2, 0) is 16.4 Å². The van der Waals surface area contributed by atoms with E-state index in [1.807, 2.05) is 0 Å². The molecule has 0 bridgehead atoms. The number of carbonyl (C=O) groups excluding carboxylic acids is 1. The highest BCUT2D eigenvalue weighted by Crippen LogP contribution is 2.40. The molecular formula is C23H26ClF8N5O4S. The molecule has 2 heterocycles. The van der Waals surface area contributed by atoms with Gasteiger partial charge in [-0.15, -0.1) is 0 Å².